The Bertz CT molecular complexity index is 917. The minimum absolute atomic E-state index is 0.220. The first-order valence-electron chi connectivity index (χ1n) is 8.07. The topological polar surface area (TPSA) is 55.8 Å². The fraction of sp³-hybridized carbons (Fsp3) is 0.333. The van der Waals surface area contributed by atoms with E-state index in [1.807, 2.05) is 0 Å². The Labute approximate surface area is 151 Å². The average Bonchev–Trinajstić information content (AvgIpc) is 3.13. The van der Waals surface area contributed by atoms with Crippen LogP contribution in [-0.2, 0) is 10.0 Å². The maximum atomic E-state index is 14.1. The number of nitrogens with zero attached hydrogens (tertiary/aromatic N) is 1. The van der Waals surface area contributed by atoms with Crippen molar-refractivity contribution < 1.29 is 26.7 Å². The third-order valence-corrected chi connectivity index (χ3v) is 6.41. The summed E-state index contributed by atoms with van der Waals surface area (Å²) in [5.74, 6) is -0.716. The number of benzene rings is 2. The van der Waals surface area contributed by atoms with Crippen molar-refractivity contribution in [3.63, 3.8) is 0 Å². The average molecular weight is 383 g/mol. The van der Waals surface area contributed by atoms with Crippen LogP contribution in [-0.4, -0.2) is 33.5 Å². The zero-order valence-electron chi connectivity index (χ0n) is 14.4. The van der Waals surface area contributed by atoms with Crippen LogP contribution in [0.1, 0.15) is 24.4 Å². The fourth-order valence-electron chi connectivity index (χ4n) is 3.23. The van der Waals surface area contributed by atoms with E-state index in [1.54, 1.807) is 18.2 Å². The van der Waals surface area contributed by atoms with Crippen LogP contribution in [0.5, 0.6) is 11.5 Å². The summed E-state index contributed by atoms with van der Waals surface area (Å²) in [4.78, 5) is -0.656. The molecule has 8 heteroatoms. The molecule has 1 saturated heterocycles. The normalized spacial score (nSPS) is 18.1. The highest BCUT2D eigenvalue weighted by molar-refractivity contribution is 7.89. The molecule has 0 spiro atoms. The number of hydrogen-bond donors (Lipinski definition) is 0. The summed E-state index contributed by atoms with van der Waals surface area (Å²) in [7, 11) is -1.19. The summed E-state index contributed by atoms with van der Waals surface area (Å²) in [5, 5.41) is 0. The molecule has 1 unspecified atom stereocenters. The van der Waals surface area contributed by atoms with E-state index in [0.29, 0.717) is 36.0 Å². The van der Waals surface area contributed by atoms with E-state index in [4.69, 9.17) is 9.47 Å². The second kappa shape index (κ2) is 7.20. The molecule has 0 aliphatic carbocycles. The van der Waals surface area contributed by atoms with E-state index in [-0.39, 0.29) is 6.54 Å². The van der Waals surface area contributed by atoms with Crippen molar-refractivity contribution in [2.75, 3.05) is 20.8 Å². The van der Waals surface area contributed by atoms with Crippen LogP contribution in [0.2, 0.25) is 0 Å². The summed E-state index contributed by atoms with van der Waals surface area (Å²) in [6.07, 6.45) is 1.16. The number of rotatable bonds is 5. The molecule has 1 heterocycles. The molecule has 5 nitrogen and oxygen atoms in total. The van der Waals surface area contributed by atoms with Gasteiger partial charge in [0.1, 0.15) is 28.0 Å². The molecule has 2 aromatic rings. The first-order chi connectivity index (χ1) is 12.4. The first kappa shape index (κ1) is 18.6. The van der Waals surface area contributed by atoms with Crippen molar-refractivity contribution in [1.29, 1.82) is 0 Å². The summed E-state index contributed by atoms with van der Waals surface area (Å²) >= 11 is 0. The van der Waals surface area contributed by atoms with Gasteiger partial charge in [0.2, 0.25) is 10.0 Å². The molecule has 0 aromatic heterocycles. The van der Waals surface area contributed by atoms with E-state index >= 15 is 0 Å². The molecule has 3 rings (SSSR count). The van der Waals surface area contributed by atoms with Gasteiger partial charge in [-0.25, -0.2) is 17.2 Å². The highest BCUT2D eigenvalue weighted by Crippen LogP contribution is 2.41. The van der Waals surface area contributed by atoms with Gasteiger partial charge in [0.05, 0.1) is 20.3 Å². The molecule has 1 aliphatic heterocycles. The van der Waals surface area contributed by atoms with Crippen molar-refractivity contribution in [3.8, 4) is 11.5 Å². The maximum Gasteiger partial charge on any atom is 0.246 e. The summed E-state index contributed by atoms with van der Waals surface area (Å²) < 4.78 is 65.3. The van der Waals surface area contributed by atoms with Crippen molar-refractivity contribution >= 4 is 10.0 Å². The SMILES string of the molecule is COc1ccc(C2CCCN2S(=O)(=O)c2cc(F)ccc2F)c(OC)c1. The number of sulfonamides is 1. The Morgan fingerprint density at radius 2 is 1.85 bits per heavy atom. The molecule has 0 saturated carbocycles. The lowest BCUT2D eigenvalue weighted by Crippen LogP contribution is -2.31. The van der Waals surface area contributed by atoms with Crippen molar-refractivity contribution in [1.82, 2.24) is 4.31 Å². The molecule has 1 aliphatic rings. The molecule has 0 N–H and O–H groups in total. The Morgan fingerprint density at radius 3 is 2.54 bits per heavy atom. The molecular weight excluding hydrogens is 364 g/mol. The highest BCUT2D eigenvalue weighted by Gasteiger charge is 2.39. The summed E-state index contributed by atoms with van der Waals surface area (Å²) in [5.41, 5.74) is 0.659. The van der Waals surface area contributed by atoms with Gasteiger partial charge < -0.3 is 9.47 Å². The van der Waals surface area contributed by atoms with Gasteiger partial charge in [0.15, 0.2) is 0 Å². The predicted octanol–water partition coefficient (Wildman–Crippen LogP) is 3.51. The molecule has 140 valence electrons. The first-order valence-corrected chi connectivity index (χ1v) is 9.51. The van der Waals surface area contributed by atoms with Gasteiger partial charge in [-0.15, -0.1) is 0 Å². The molecule has 2 aromatic carbocycles. The molecule has 0 amide bonds. The van der Waals surface area contributed by atoms with E-state index in [2.05, 4.69) is 0 Å². The largest absolute Gasteiger partial charge is 0.497 e. The van der Waals surface area contributed by atoms with Gasteiger partial charge in [-0.2, -0.15) is 4.31 Å². The van der Waals surface area contributed by atoms with Crippen LogP contribution in [0.3, 0.4) is 0 Å². The van der Waals surface area contributed by atoms with Gasteiger partial charge in [-0.3, -0.25) is 0 Å². The Kier molecular flexibility index (Phi) is 5.15. The lowest BCUT2D eigenvalue weighted by molar-refractivity contribution is 0.360. The fourth-order valence-corrected chi connectivity index (χ4v) is 4.99. The van der Waals surface area contributed by atoms with Gasteiger partial charge in [-0.05, 0) is 37.1 Å². The maximum absolute atomic E-state index is 14.1. The Hall–Kier alpha value is -2.19. The molecular formula is C18H19F2NO4S. The Balaban J connectivity index is 2.04. The smallest absolute Gasteiger partial charge is 0.246 e. The number of halogens is 2. The van der Waals surface area contributed by atoms with Crippen LogP contribution >= 0.6 is 0 Å². The molecule has 26 heavy (non-hydrogen) atoms. The molecule has 0 radical (unpaired) electrons. The van der Waals surface area contributed by atoms with Gasteiger partial charge in [0, 0.05) is 18.2 Å². The van der Waals surface area contributed by atoms with Crippen LogP contribution in [0.25, 0.3) is 0 Å². The quantitative estimate of drug-likeness (QED) is 0.793. The monoisotopic (exact) mass is 383 g/mol. The van der Waals surface area contributed by atoms with Crippen molar-refractivity contribution in [2.24, 2.45) is 0 Å². The van der Waals surface area contributed by atoms with Gasteiger partial charge >= 0.3 is 0 Å². The summed E-state index contributed by atoms with van der Waals surface area (Å²) in [6, 6.07) is 7.02. The van der Waals surface area contributed by atoms with Gasteiger partial charge in [-0.1, -0.05) is 6.07 Å². The van der Waals surface area contributed by atoms with Crippen LogP contribution in [0.15, 0.2) is 41.3 Å². The van der Waals surface area contributed by atoms with E-state index in [0.717, 1.165) is 12.1 Å². The van der Waals surface area contributed by atoms with Crippen LogP contribution in [0, 0.1) is 11.6 Å². The van der Waals surface area contributed by atoms with E-state index < -0.39 is 32.6 Å². The zero-order valence-corrected chi connectivity index (χ0v) is 15.2. The third-order valence-electron chi connectivity index (χ3n) is 4.48. The number of methoxy groups -OCH3 is 2. The van der Waals surface area contributed by atoms with E-state index in [9.17, 15) is 17.2 Å². The number of hydrogen-bond acceptors (Lipinski definition) is 4. The Morgan fingerprint density at radius 1 is 1.08 bits per heavy atom. The van der Waals surface area contributed by atoms with Crippen molar-refractivity contribution in [3.05, 3.63) is 53.6 Å². The molecule has 0 bridgehead atoms. The minimum Gasteiger partial charge on any atom is -0.497 e. The molecule has 1 fully saturated rings. The number of ether oxygens (including phenoxy) is 2. The minimum atomic E-state index is -4.20. The third kappa shape index (κ3) is 3.26. The van der Waals surface area contributed by atoms with Crippen molar-refractivity contribution in [2.45, 2.75) is 23.8 Å². The van der Waals surface area contributed by atoms with Crippen LogP contribution < -0.4 is 9.47 Å². The van der Waals surface area contributed by atoms with E-state index in [1.165, 1.54) is 18.5 Å². The highest BCUT2D eigenvalue weighted by atomic mass is 32.2. The lowest BCUT2D eigenvalue weighted by atomic mass is 10.0. The summed E-state index contributed by atoms with van der Waals surface area (Å²) in [6.45, 7) is 0.220. The molecule has 1 atom stereocenters. The lowest BCUT2D eigenvalue weighted by Gasteiger charge is -2.26. The van der Waals surface area contributed by atoms with Gasteiger partial charge in [0.25, 0.3) is 0 Å². The second-order valence-corrected chi connectivity index (χ2v) is 7.82. The van der Waals surface area contributed by atoms with Crippen LogP contribution in [0.4, 0.5) is 8.78 Å². The zero-order chi connectivity index (χ0) is 18.9. The standard InChI is InChI=1S/C18H19F2NO4S/c1-24-13-6-7-14(17(11-13)25-2)16-4-3-9-21(16)26(22,23)18-10-12(19)5-8-15(18)20/h5-8,10-11,16H,3-4,9H2,1-2H3. The second-order valence-electron chi connectivity index (χ2n) is 5.96. The predicted molar refractivity (Wildman–Crippen MR) is 91.8 cm³/mol.